The Morgan fingerprint density at radius 1 is 1.35 bits per heavy atom. The molecule has 6 nitrogen and oxygen atoms in total. The number of hydrogen-bond donors (Lipinski definition) is 1. The van der Waals surface area contributed by atoms with Crippen molar-refractivity contribution in [1.82, 2.24) is 0 Å². The summed E-state index contributed by atoms with van der Waals surface area (Å²) in [6.07, 6.45) is -1.01. The topological polar surface area (TPSA) is 90.6 Å². The molecule has 0 aliphatic carbocycles. The molecule has 6 heteroatoms. The number of benzene rings is 1. The van der Waals surface area contributed by atoms with Gasteiger partial charge < -0.3 is 14.7 Å². The van der Waals surface area contributed by atoms with Crippen LogP contribution in [0.5, 0.6) is 0 Å². The van der Waals surface area contributed by atoms with E-state index in [1.54, 1.807) is 31.3 Å². The first-order valence-electron chi connectivity index (χ1n) is 6.19. The Morgan fingerprint density at radius 3 is 2.60 bits per heavy atom. The molecular weight excluding hydrogens is 260 g/mol. The van der Waals surface area contributed by atoms with Gasteiger partial charge in [0.2, 0.25) is 0 Å². The summed E-state index contributed by atoms with van der Waals surface area (Å²) < 4.78 is 5.23. The summed E-state index contributed by atoms with van der Waals surface area (Å²) in [6, 6.07) is 8.75. The van der Waals surface area contributed by atoms with Crippen LogP contribution in [-0.2, 0) is 14.3 Å². The van der Waals surface area contributed by atoms with Crippen molar-refractivity contribution >= 4 is 17.6 Å². The Kier molecular flexibility index (Phi) is 4.01. The zero-order valence-electron chi connectivity index (χ0n) is 10.9. The molecule has 1 saturated heterocycles. The molecular formula is C14H14N2O4. The molecule has 1 fully saturated rings. The van der Waals surface area contributed by atoms with Crippen molar-refractivity contribution in [2.75, 3.05) is 11.9 Å². The second-order valence-electron chi connectivity index (χ2n) is 4.56. The van der Waals surface area contributed by atoms with Gasteiger partial charge in [-0.05, 0) is 25.0 Å². The molecule has 1 aliphatic heterocycles. The summed E-state index contributed by atoms with van der Waals surface area (Å²) in [7, 11) is 1.55. The number of rotatable bonds is 3. The minimum atomic E-state index is -1.06. The predicted octanol–water partition coefficient (Wildman–Crippen LogP) is 1.15. The summed E-state index contributed by atoms with van der Waals surface area (Å²) in [5, 5.41) is 17.9. The molecule has 1 aromatic carbocycles. The van der Waals surface area contributed by atoms with E-state index in [0.717, 1.165) is 0 Å². The maximum absolute atomic E-state index is 12.3. The molecule has 104 valence electrons. The Morgan fingerprint density at radius 2 is 2.00 bits per heavy atom. The summed E-state index contributed by atoms with van der Waals surface area (Å²) in [6.45, 7) is 0. The highest BCUT2D eigenvalue weighted by Crippen LogP contribution is 2.25. The van der Waals surface area contributed by atoms with Gasteiger partial charge >= 0.3 is 5.97 Å². The number of carbonyl (C=O) groups excluding carboxylic acids is 1. The van der Waals surface area contributed by atoms with Gasteiger partial charge in [0.05, 0.1) is 11.3 Å². The van der Waals surface area contributed by atoms with Gasteiger partial charge in [0.1, 0.15) is 12.2 Å². The number of ether oxygens (including phenoxy) is 1. The number of nitriles is 1. The van der Waals surface area contributed by atoms with Crippen molar-refractivity contribution in [3.8, 4) is 6.07 Å². The van der Waals surface area contributed by atoms with E-state index in [9.17, 15) is 9.59 Å². The smallest absolute Gasteiger partial charge is 0.332 e. The van der Waals surface area contributed by atoms with E-state index >= 15 is 0 Å². The lowest BCUT2D eigenvalue weighted by Crippen LogP contribution is -2.37. The molecule has 0 saturated carbocycles. The molecule has 1 amide bonds. The van der Waals surface area contributed by atoms with Crippen LogP contribution in [0.1, 0.15) is 18.4 Å². The van der Waals surface area contributed by atoms with Gasteiger partial charge in [-0.3, -0.25) is 4.79 Å². The van der Waals surface area contributed by atoms with Crippen LogP contribution in [0.3, 0.4) is 0 Å². The number of nitrogens with zero attached hydrogens (tertiary/aromatic N) is 2. The van der Waals surface area contributed by atoms with E-state index < -0.39 is 18.2 Å². The lowest BCUT2D eigenvalue weighted by molar-refractivity contribution is -0.151. The zero-order valence-corrected chi connectivity index (χ0v) is 10.9. The Bertz CT molecular complexity index is 579. The lowest BCUT2D eigenvalue weighted by atomic mass is 10.1. The van der Waals surface area contributed by atoms with Crippen LogP contribution in [0.2, 0.25) is 0 Å². The summed E-state index contributed by atoms with van der Waals surface area (Å²) in [5.41, 5.74) is 0.874. The van der Waals surface area contributed by atoms with Crippen molar-refractivity contribution in [2.24, 2.45) is 0 Å². The van der Waals surface area contributed by atoms with Crippen LogP contribution < -0.4 is 4.90 Å². The highest BCUT2D eigenvalue weighted by molar-refractivity contribution is 5.97. The zero-order chi connectivity index (χ0) is 14.7. The van der Waals surface area contributed by atoms with Crippen LogP contribution >= 0.6 is 0 Å². The van der Waals surface area contributed by atoms with Gasteiger partial charge in [-0.25, -0.2) is 4.79 Å². The van der Waals surface area contributed by atoms with E-state index in [4.69, 9.17) is 15.1 Å². The third-order valence-corrected chi connectivity index (χ3v) is 3.29. The fourth-order valence-electron chi connectivity index (χ4n) is 2.20. The van der Waals surface area contributed by atoms with Crippen LogP contribution in [0.15, 0.2) is 24.3 Å². The Labute approximate surface area is 116 Å². The number of anilines is 1. The number of hydrogen-bond acceptors (Lipinski definition) is 4. The molecule has 1 aliphatic rings. The first-order chi connectivity index (χ1) is 9.54. The maximum Gasteiger partial charge on any atom is 0.332 e. The van der Waals surface area contributed by atoms with Gasteiger partial charge in [-0.15, -0.1) is 0 Å². The minimum absolute atomic E-state index is 0.319. The van der Waals surface area contributed by atoms with Gasteiger partial charge in [0.15, 0.2) is 6.10 Å². The molecule has 20 heavy (non-hydrogen) atoms. The van der Waals surface area contributed by atoms with Gasteiger partial charge in [0, 0.05) is 7.05 Å². The van der Waals surface area contributed by atoms with Crippen molar-refractivity contribution in [3.05, 3.63) is 29.8 Å². The average Bonchev–Trinajstić information content (AvgIpc) is 2.95. The second-order valence-corrected chi connectivity index (χ2v) is 4.56. The summed E-state index contributed by atoms with van der Waals surface area (Å²) >= 11 is 0. The number of aliphatic carboxylic acids is 1. The minimum Gasteiger partial charge on any atom is -0.479 e. The summed E-state index contributed by atoms with van der Waals surface area (Å²) in [5.74, 6) is -1.39. The molecule has 2 atom stereocenters. The van der Waals surface area contributed by atoms with Crippen molar-refractivity contribution in [3.63, 3.8) is 0 Å². The highest BCUT2D eigenvalue weighted by atomic mass is 16.5. The van der Waals surface area contributed by atoms with E-state index in [1.807, 2.05) is 6.07 Å². The first kappa shape index (κ1) is 14.0. The second kappa shape index (κ2) is 5.72. The molecule has 0 radical (unpaired) electrons. The first-order valence-corrected chi connectivity index (χ1v) is 6.19. The van der Waals surface area contributed by atoms with Crippen molar-refractivity contribution < 1.29 is 19.4 Å². The van der Waals surface area contributed by atoms with Gasteiger partial charge in [-0.1, -0.05) is 12.1 Å². The molecule has 2 unspecified atom stereocenters. The van der Waals surface area contributed by atoms with E-state index in [-0.39, 0.29) is 5.91 Å². The monoisotopic (exact) mass is 274 g/mol. The maximum atomic E-state index is 12.3. The largest absolute Gasteiger partial charge is 0.479 e. The average molecular weight is 274 g/mol. The Hall–Kier alpha value is -2.39. The third kappa shape index (κ3) is 2.63. The predicted molar refractivity (Wildman–Crippen MR) is 70.1 cm³/mol. The number of carboxylic acid groups (broad SMARTS) is 1. The number of para-hydroxylation sites is 1. The van der Waals surface area contributed by atoms with E-state index in [2.05, 4.69) is 0 Å². The molecule has 1 aromatic rings. The number of likely N-dealkylation sites (N-methyl/N-ethyl adjacent to an activating group) is 1. The van der Waals surface area contributed by atoms with Gasteiger partial charge in [0.25, 0.3) is 5.91 Å². The molecule has 1 N–H and O–H groups in total. The highest BCUT2D eigenvalue weighted by Gasteiger charge is 2.36. The molecule has 1 heterocycles. The number of amides is 1. The molecule has 2 rings (SSSR count). The van der Waals surface area contributed by atoms with Crippen molar-refractivity contribution in [2.45, 2.75) is 25.0 Å². The lowest BCUT2D eigenvalue weighted by Gasteiger charge is -2.21. The fourth-order valence-corrected chi connectivity index (χ4v) is 2.20. The number of carbonyl (C=O) groups is 2. The van der Waals surface area contributed by atoms with Crippen LogP contribution in [0.25, 0.3) is 0 Å². The molecule has 0 spiro atoms. The van der Waals surface area contributed by atoms with E-state index in [0.29, 0.717) is 24.1 Å². The van der Waals surface area contributed by atoms with E-state index in [1.165, 1.54) is 4.90 Å². The SMILES string of the molecule is CN(C(=O)C1CCC(C(=O)O)O1)c1ccccc1C#N. The molecule has 0 bridgehead atoms. The fraction of sp³-hybridized carbons (Fsp3) is 0.357. The number of carboxylic acids is 1. The normalized spacial score (nSPS) is 21.2. The summed E-state index contributed by atoms with van der Waals surface area (Å²) in [4.78, 5) is 24.4. The van der Waals surface area contributed by atoms with Gasteiger partial charge in [-0.2, -0.15) is 5.26 Å². The third-order valence-electron chi connectivity index (χ3n) is 3.29. The van der Waals surface area contributed by atoms with Crippen LogP contribution in [0, 0.1) is 11.3 Å². The Balaban J connectivity index is 2.14. The van der Waals surface area contributed by atoms with Crippen LogP contribution in [-0.4, -0.2) is 36.2 Å². The standard InChI is InChI=1S/C14H14N2O4/c1-16(10-5-3-2-4-9(10)8-15)13(17)11-6-7-12(20-11)14(18)19/h2-5,11-12H,6-7H2,1H3,(H,18,19). The van der Waals surface area contributed by atoms with Crippen LogP contribution in [0.4, 0.5) is 5.69 Å². The molecule has 0 aromatic heterocycles. The van der Waals surface area contributed by atoms with Crippen molar-refractivity contribution in [1.29, 1.82) is 5.26 Å². The quantitative estimate of drug-likeness (QED) is 0.893.